The molecule has 27 heavy (non-hydrogen) atoms. The molecular weight excluding hydrogens is 409 g/mol. The molecule has 0 radical (unpaired) electrons. The molecule has 0 amide bonds. The third-order valence-electron chi connectivity index (χ3n) is 3.50. The predicted octanol–water partition coefficient (Wildman–Crippen LogP) is -6.52. The largest absolute Gasteiger partial charge is 1.00 e. The van der Waals surface area contributed by atoms with Crippen LogP contribution in [0.5, 0.6) is 5.88 Å². The molecule has 0 spiro atoms. The number of hydrogen-bond acceptors (Lipinski definition) is 6. The average Bonchev–Trinajstić information content (AvgIpc) is 2.90. The maximum atomic E-state index is 13.3. The summed E-state index contributed by atoms with van der Waals surface area (Å²) in [5.41, 5.74) is 1.19. The van der Waals surface area contributed by atoms with E-state index in [4.69, 9.17) is 4.74 Å². The SMILES string of the molecule is O=C([O-])C(Oc1nn(Cc2cccc(F)c2)c2ccccc12)C(=O)[O-].[K+].[K+]. The van der Waals surface area contributed by atoms with Crippen LogP contribution in [0.15, 0.2) is 48.5 Å². The van der Waals surface area contributed by atoms with Gasteiger partial charge in [-0.3, -0.25) is 4.68 Å². The van der Waals surface area contributed by atoms with Crippen molar-refractivity contribution in [3.8, 4) is 5.88 Å². The number of carboxylic acids is 2. The summed E-state index contributed by atoms with van der Waals surface area (Å²) >= 11 is 0. The number of halogens is 1. The number of carbonyl (C=O) groups is 2. The van der Waals surface area contributed by atoms with Crippen molar-refractivity contribution in [1.29, 1.82) is 0 Å². The maximum Gasteiger partial charge on any atom is 1.00 e. The first-order chi connectivity index (χ1) is 12.0. The molecule has 0 unspecified atom stereocenters. The number of carbonyl (C=O) groups excluding carboxylic acids is 2. The zero-order valence-electron chi connectivity index (χ0n) is 14.7. The van der Waals surface area contributed by atoms with Gasteiger partial charge in [-0.15, -0.1) is 5.10 Å². The van der Waals surface area contributed by atoms with Gasteiger partial charge in [-0.05, 0) is 29.8 Å². The first-order valence-electron chi connectivity index (χ1n) is 7.24. The molecule has 0 N–H and O–H groups in total. The number of hydrogen-bond donors (Lipinski definition) is 0. The van der Waals surface area contributed by atoms with Crippen molar-refractivity contribution >= 4 is 22.8 Å². The van der Waals surface area contributed by atoms with Gasteiger partial charge in [-0.25, -0.2) is 4.39 Å². The van der Waals surface area contributed by atoms with E-state index < -0.39 is 23.9 Å². The number of carboxylic acid groups (broad SMARTS) is 2. The van der Waals surface area contributed by atoms with Gasteiger partial charge in [0.1, 0.15) is 5.82 Å². The third-order valence-corrected chi connectivity index (χ3v) is 3.50. The summed E-state index contributed by atoms with van der Waals surface area (Å²) in [6.07, 6.45) is -2.29. The van der Waals surface area contributed by atoms with Gasteiger partial charge in [0, 0.05) is 0 Å². The quantitative estimate of drug-likeness (QED) is 0.290. The Kier molecular flexibility index (Phi) is 10.3. The zero-order chi connectivity index (χ0) is 18.0. The van der Waals surface area contributed by atoms with Crippen molar-refractivity contribution in [2.24, 2.45) is 0 Å². The van der Waals surface area contributed by atoms with E-state index in [-0.39, 0.29) is 115 Å². The standard InChI is InChI=1S/C17H13FN2O5.2K/c18-11-5-3-4-10(8-11)9-20-13-7-2-1-6-12(13)15(19-20)25-14(16(21)22)17(23)24;;/h1-8,14H,9H2,(H,21,22)(H,23,24);;/q;2*+1/p-2. The first-order valence-corrected chi connectivity index (χ1v) is 7.24. The molecule has 0 fully saturated rings. The molecule has 7 nitrogen and oxygen atoms in total. The first kappa shape index (κ1) is 24.9. The molecule has 0 bridgehead atoms. The monoisotopic (exact) mass is 420 g/mol. The molecule has 128 valence electrons. The van der Waals surface area contributed by atoms with Gasteiger partial charge < -0.3 is 24.5 Å². The minimum Gasteiger partial charge on any atom is -0.546 e. The summed E-state index contributed by atoms with van der Waals surface area (Å²) in [4.78, 5) is 21.8. The number of nitrogens with zero attached hydrogens (tertiary/aromatic N) is 2. The van der Waals surface area contributed by atoms with Crippen LogP contribution >= 0.6 is 0 Å². The van der Waals surface area contributed by atoms with Crippen LogP contribution in [0.1, 0.15) is 5.56 Å². The van der Waals surface area contributed by atoms with Crippen LogP contribution in [0.25, 0.3) is 10.9 Å². The second-order valence-corrected chi connectivity index (χ2v) is 5.25. The zero-order valence-corrected chi connectivity index (χ0v) is 21.0. The van der Waals surface area contributed by atoms with Crippen molar-refractivity contribution in [2.45, 2.75) is 12.6 Å². The average molecular weight is 420 g/mol. The number of aliphatic carboxylic acids is 2. The minimum absolute atomic E-state index is 0. The Hall–Kier alpha value is -0.147. The predicted molar refractivity (Wildman–Crippen MR) is 79.7 cm³/mol. The van der Waals surface area contributed by atoms with Crippen LogP contribution in [-0.2, 0) is 16.1 Å². The number of ether oxygens (including phenoxy) is 1. The normalized spacial score (nSPS) is 10.1. The Balaban J connectivity index is 0.00000182. The molecule has 0 saturated carbocycles. The molecule has 0 aliphatic rings. The molecule has 0 atom stereocenters. The van der Waals surface area contributed by atoms with E-state index in [0.29, 0.717) is 16.5 Å². The third kappa shape index (κ3) is 6.16. The molecule has 0 aliphatic heterocycles. The molecular formula is C17H11FK2N2O5. The summed E-state index contributed by atoms with van der Waals surface area (Å²) < 4.78 is 19.8. The number of fused-ring (bicyclic) bond motifs is 1. The van der Waals surface area contributed by atoms with E-state index in [1.165, 1.54) is 16.8 Å². The second kappa shape index (κ2) is 11.1. The maximum absolute atomic E-state index is 13.3. The Morgan fingerprint density at radius 2 is 1.74 bits per heavy atom. The van der Waals surface area contributed by atoms with Crippen LogP contribution in [-0.4, -0.2) is 27.8 Å². The molecule has 1 heterocycles. The van der Waals surface area contributed by atoms with Crippen molar-refractivity contribution < 1.29 is 132 Å². The molecule has 0 aliphatic carbocycles. The van der Waals surface area contributed by atoms with Gasteiger partial charge >= 0.3 is 103 Å². The number of benzene rings is 2. The fourth-order valence-electron chi connectivity index (χ4n) is 2.42. The summed E-state index contributed by atoms with van der Waals surface area (Å²) in [5.74, 6) is -4.47. The topological polar surface area (TPSA) is 107 Å². The fourth-order valence-corrected chi connectivity index (χ4v) is 2.42. The van der Waals surface area contributed by atoms with Gasteiger partial charge in [0.15, 0.2) is 6.10 Å². The Morgan fingerprint density at radius 1 is 1.07 bits per heavy atom. The van der Waals surface area contributed by atoms with E-state index in [1.54, 1.807) is 36.4 Å². The Bertz CT molecular complexity index is 949. The number of aromatic nitrogens is 2. The minimum atomic E-state index is -2.29. The van der Waals surface area contributed by atoms with Crippen molar-refractivity contribution in [3.63, 3.8) is 0 Å². The number of para-hydroxylation sites is 1. The molecule has 2 aromatic carbocycles. The van der Waals surface area contributed by atoms with E-state index in [0.717, 1.165) is 0 Å². The van der Waals surface area contributed by atoms with Crippen LogP contribution < -0.4 is 118 Å². The summed E-state index contributed by atoms with van der Waals surface area (Å²) in [6, 6.07) is 12.6. The van der Waals surface area contributed by atoms with Crippen LogP contribution in [0.3, 0.4) is 0 Å². The summed E-state index contributed by atoms with van der Waals surface area (Å²) in [7, 11) is 0. The van der Waals surface area contributed by atoms with Gasteiger partial charge in [0.25, 0.3) is 0 Å². The second-order valence-electron chi connectivity index (χ2n) is 5.25. The van der Waals surface area contributed by atoms with E-state index >= 15 is 0 Å². The van der Waals surface area contributed by atoms with Gasteiger partial charge in [-0.2, -0.15) is 0 Å². The van der Waals surface area contributed by atoms with E-state index in [9.17, 15) is 24.2 Å². The summed E-state index contributed by atoms with van der Waals surface area (Å²) in [6.45, 7) is 0.183. The van der Waals surface area contributed by atoms with Gasteiger partial charge in [0.2, 0.25) is 5.88 Å². The Morgan fingerprint density at radius 3 is 2.37 bits per heavy atom. The molecule has 10 heteroatoms. The number of rotatable bonds is 6. The fraction of sp³-hybridized carbons (Fsp3) is 0.118. The molecule has 0 saturated heterocycles. The molecule has 3 aromatic rings. The van der Waals surface area contributed by atoms with Gasteiger partial charge in [0.05, 0.1) is 29.4 Å². The van der Waals surface area contributed by atoms with Crippen LogP contribution in [0.2, 0.25) is 0 Å². The van der Waals surface area contributed by atoms with Crippen molar-refractivity contribution in [2.75, 3.05) is 0 Å². The van der Waals surface area contributed by atoms with E-state index in [1.807, 2.05) is 0 Å². The van der Waals surface area contributed by atoms with Crippen molar-refractivity contribution in [1.82, 2.24) is 9.78 Å². The van der Waals surface area contributed by atoms with E-state index in [2.05, 4.69) is 5.10 Å². The molecule has 1 aromatic heterocycles. The van der Waals surface area contributed by atoms with Crippen LogP contribution in [0.4, 0.5) is 4.39 Å². The van der Waals surface area contributed by atoms with Gasteiger partial charge in [-0.1, -0.05) is 24.3 Å². The molecule has 3 rings (SSSR count). The van der Waals surface area contributed by atoms with Crippen LogP contribution in [0, 0.1) is 5.82 Å². The Labute approximate surface area is 238 Å². The summed E-state index contributed by atoms with van der Waals surface area (Å²) in [5, 5.41) is 26.3. The van der Waals surface area contributed by atoms with Crippen molar-refractivity contribution in [3.05, 3.63) is 59.9 Å². The smallest absolute Gasteiger partial charge is 0.546 e.